The largest absolute Gasteiger partial charge is 0.310 e. The number of aryl methyl sites for hydroxylation is 1. The second-order valence-corrected chi connectivity index (χ2v) is 5.63. The Bertz CT molecular complexity index is 358. The normalized spacial score (nSPS) is 26.1. The van der Waals surface area contributed by atoms with Crippen LogP contribution >= 0.6 is 0 Å². The first-order valence-corrected chi connectivity index (χ1v) is 7.00. The first-order chi connectivity index (χ1) is 8.20. The van der Waals surface area contributed by atoms with Crippen LogP contribution in [0.15, 0.2) is 24.3 Å². The number of nitrogens with one attached hydrogen (secondary N) is 1. The van der Waals surface area contributed by atoms with Gasteiger partial charge in [0.1, 0.15) is 0 Å². The summed E-state index contributed by atoms with van der Waals surface area (Å²) in [7, 11) is 0. The van der Waals surface area contributed by atoms with Gasteiger partial charge in [-0.15, -0.1) is 0 Å². The fourth-order valence-corrected chi connectivity index (χ4v) is 3.19. The molecular weight excluding hydrogens is 206 g/mol. The molecule has 0 saturated heterocycles. The van der Waals surface area contributed by atoms with Crippen LogP contribution < -0.4 is 5.32 Å². The summed E-state index contributed by atoms with van der Waals surface area (Å²) in [4.78, 5) is 0. The molecule has 3 unspecified atom stereocenters. The Morgan fingerprint density at radius 3 is 2.76 bits per heavy atom. The maximum Gasteiger partial charge on any atom is 0.0348 e. The van der Waals surface area contributed by atoms with Crippen molar-refractivity contribution in [3.8, 4) is 0 Å². The first kappa shape index (κ1) is 12.6. The molecule has 0 aliphatic heterocycles. The first-order valence-electron chi connectivity index (χ1n) is 7.00. The topological polar surface area (TPSA) is 12.0 Å². The lowest BCUT2D eigenvalue weighted by atomic mass is 9.90. The fraction of sp³-hybridized carbons (Fsp3) is 0.625. The van der Waals surface area contributed by atoms with E-state index in [-0.39, 0.29) is 0 Å². The van der Waals surface area contributed by atoms with E-state index >= 15 is 0 Å². The van der Waals surface area contributed by atoms with Crippen molar-refractivity contribution in [3.05, 3.63) is 35.4 Å². The lowest BCUT2D eigenvalue weighted by Gasteiger charge is -2.25. The Morgan fingerprint density at radius 2 is 2.18 bits per heavy atom. The van der Waals surface area contributed by atoms with Crippen LogP contribution in [0.1, 0.15) is 50.3 Å². The highest BCUT2D eigenvalue weighted by molar-refractivity contribution is 5.25. The summed E-state index contributed by atoms with van der Waals surface area (Å²) in [5.74, 6) is 1.73. The monoisotopic (exact) mass is 231 g/mol. The van der Waals surface area contributed by atoms with E-state index in [1.807, 2.05) is 0 Å². The van der Waals surface area contributed by atoms with E-state index in [2.05, 4.69) is 50.4 Å². The predicted octanol–water partition coefficient (Wildman–Crippen LogP) is 4.08. The SMILES string of the molecule is CCNC(c1cccc(C)c1)C1CCC(C)C1. The van der Waals surface area contributed by atoms with Crippen molar-refractivity contribution in [2.24, 2.45) is 11.8 Å². The maximum absolute atomic E-state index is 3.69. The summed E-state index contributed by atoms with van der Waals surface area (Å²) >= 11 is 0. The molecule has 1 N–H and O–H groups in total. The van der Waals surface area contributed by atoms with Gasteiger partial charge in [-0.25, -0.2) is 0 Å². The number of rotatable bonds is 4. The standard InChI is InChI=1S/C16H25N/c1-4-17-16(15-9-8-13(3)11-15)14-7-5-6-12(2)10-14/h5-7,10,13,15-17H,4,8-9,11H2,1-3H3. The quantitative estimate of drug-likeness (QED) is 0.823. The van der Waals surface area contributed by atoms with Gasteiger partial charge in [-0.1, -0.05) is 50.1 Å². The molecule has 1 saturated carbocycles. The average molecular weight is 231 g/mol. The predicted molar refractivity (Wildman–Crippen MR) is 74.1 cm³/mol. The molecule has 3 atom stereocenters. The summed E-state index contributed by atoms with van der Waals surface area (Å²) in [6.45, 7) is 7.84. The summed E-state index contributed by atoms with van der Waals surface area (Å²) < 4.78 is 0. The summed E-state index contributed by atoms with van der Waals surface area (Å²) in [5.41, 5.74) is 2.85. The van der Waals surface area contributed by atoms with Gasteiger partial charge in [0, 0.05) is 6.04 Å². The molecule has 0 bridgehead atoms. The summed E-state index contributed by atoms with van der Waals surface area (Å²) in [6, 6.07) is 9.56. The smallest absolute Gasteiger partial charge is 0.0348 e. The van der Waals surface area contributed by atoms with Gasteiger partial charge in [-0.05, 0) is 43.7 Å². The van der Waals surface area contributed by atoms with Crippen LogP contribution in [0.25, 0.3) is 0 Å². The molecule has 1 fully saturated rings. The summed E-state index contributed by atoms with van der Waals surface area (Å²) in [6.07, 6.45) is 4.16. The molecule has 1 nitrogen and oxygen atoms in total. The molecule has 94 valence electrons. The van der Waals surface area contributed by atoms with Crippen molar-refractivity contribution in [2.45, 2.75) is 46.1 Å². The molecule has 1 aliphatic rings. The number of benzene rings is 1. The third kappa shape index (κ3) is 3.10. The lowest BCUT2D eigenvalue weighted by Crippen LogP contribution is -2.27. The second-order valence-electron chi connectivity index (χ2n) is 5.63. The van der Waals surface area contributed by atoms with Crippen molar-refractivity contribution in [1.29, 1.82) is 0 Å². The van der Waals surface area contributed by atoms with Gasteiger partial charge in [0.15, 0.2) is 0 Å². The highest BCUT2D eigenvalue weighted by atomic mass is 14.9. The van der Waals surface area contributed by atoms with Gasteiger partial charge in [0.05, 0.1) is 0 Å². The Kier molecular flexibility index (Phi) is 4.22. The maximum atomic E-state index is 3.69. The molecule has 1 aromatic carbocycles. The fourth-order valence-electron chi connectivity index (χ4n) is 3.19. The van der Waals surface area contributed by atoms with E-state index in [0.29, 0.717) is 6.04 Å². The molecule has 2 rings (SSSR count). The van der Waals surface area contributed by atoms with Crippen LogP contribution in [0.3, 0.4) is 0 Å². The zero-order valence-corrected chi connectivity index (χ0v) is 11.4. The summed E-state index contributed by atoms with van der Waals surface area (Å²) in [5, 5.41) is 3.69. The number of hydrogen-bond donors (Lipinski definition) is 1. The highest BCUT2D eigenvalue weighted by Crippen LogP contribution is 2.38. The van der Waals surface area contributed by atoms with Crippen molar-refractivity contribution in [2.75, 3.05) is 6.54 Å². The minimum atomic E-state index is 0.560. The molecule has 17 heavy (non-hydrogen) atoms. The Hall–Kier alpha value is -0.820. The lowest BCUT2D eigenvalue weighted by molar-refractivity contribution is 0.365. The molecule has 0 spiro atoms. The molecular formula is C16H25N. The minimum Gasteiger partial charge on any atom is -0.310 e. The van der Waals surface area contributed by atoms with Crippen molar-refractivity contribution < 1.29 is 0 Å². The Balaban J connectivity index is 2.16. The molecule has 0 heterocycles. The third-order valence-corrected chi connectivity index (χ3v) is 4.03. The molecule has 1 heteroatoms. The van der Waals surface area contributed by atoms with Gasteiger partial charge in [-0.3, -0.25) is 0 Å². The third-order valence-electron chi connectivity index (χ3n) is 4.03. The highest BCUT2D eigenvalue weighted by Gasteiger charge is 2.29. The Labute approximate surface area is 106 Å². The zero-order chi connectivity index (χ0) is 12.3. The van der Waals surface area contributed by atoms with Crippen LogP contribution in [0.4, 0.5) is 0 Å². The van der Waals surface area contributed by atoms with Crippen LogP contribution in [0.5, 0.6) is 0 Å². The van der Waals surface area contributed by atoms with E-state index in [0.717, 1.165) is 18.4 Å². The van der Waals surface area contributed by atoms with E-state index in [4.69, 9.17) is 0 Å². The zero-order valence-electron chi connectivity index (χ0n) is 11.4. The van der Waals surface area contributed by atoms with Gasteiger partial charge >= 0.3 is 0 Å². The van der Waals surface area contributed by atoms with Gasteiger partial charge in [-0.2, -0.15) is 0 Å². The molecule has 0 aromatic heterocycles. The van der Waals surface area contributed by atoms with Gasteiger partial charge < -0.3 is 5.32 Å². The van der Waals surface area contributed by atoms with Crippen LogP contribution in [-0.2, 0) is 0 Å². The second kappa shape index (κ2) is 5.68. The molecule has 1 aliphatic carbocycles. The van der Waals surface area contributed by atoms with E-state index in [1.165, 1.54) is 30.4 Å². The molecule has 0 amide bonds. The van der Waals surface area contributed by atoms with Crippen LogP contribution in [-0.4, -0.2) is 6.54 Å². The van der Waals surface area contributed by atoms with Crippen LogP contribution in [0, 0.1) is 18.8 Å². The van der Waals surface area contributed by atoms with Gasteiger partial charge in [0.25, 0.3) is 0 Å². The van der Waals surface area contributed by atoms with E-state index in [1.54, 1.807) is 0 Å². The average Bonchev–Trinajstić information content (AvgIpc) is 2.72. The number of hydrogen-bond acceptors (Lipinski definition) is 1. The van der Waals surface area contributed by atoms with Crippen molar-refractivity contribution in [3.63, 3.8) is 0 Å². The van der Waals surface area contributed by atoms with Crippen molar-refractivity contribution >= 4 is 0 Å². The Morgan fingerprint density at radius 1 is 1.35 bits per heavy atom. The van der Waals surface area contributed by atoms with Gasteiger partial charge in [0.2, 0.25) is 0 Å². The minimum absolute atomic E-state index is 0.560. The molecule has 1 aromatic rings. The molecule has 0 radical (unpaired) electrons. The van der Waals surface area contributed by atoms with Crippen LogP contribution in [0.2, 0.25) is 0 Å². The van der Waals surface area contributed by atoms with Crippen molar-refractivity contribution in [1.82, 2.24) is 5.32 Å². The van der Waals surface area contributed by atoms with E-state index in [9.17, 15) is 0 Å². The van der Waals surface area contributed by atoms with E-state index < -0.39 is 0 Å².